The lowest BCUT2D eigenvalue weighted by atomic mass is 10.2. The highest BCUT2D eigenvalue weighted by Gasteiger charge is 2.18. The molecule has 2 unspecified atom stereocenters. The van der Waals surface area contributed by atoms with E-state index in [9.17, 15) is 14.7 Å². The van der Waals surface area contributed by atoms with Crippen LogP contribution in [0, 0.1) is 6.92 Å². The average molecular weight is 389 g/mol. The SMILES string of the molecule is Cc1cccc(OCC(O)CNC(=O)c2ccccc2SC(C)C(=O)O)c1. The first-order valence-corrected chi connectivity index (χ1v) is 9.39. The van der Waals surface area contributed by atoms with Gasteiger partial charge in [-0.3, -0.25) is 9.59 Å². The van der Waals surface area contributed by atoms with Gasteiger partial charge >= 0.3 is 5.97 Å². The van der Waals surface area contributed by atoms with Crippen LogP contribution < -0.4 is 10.1 Å². The molecule has 0 aliphatic heterocycles. The van der Waals surface area contributed by atoms with Gasteiger partial charge in [-0.2, -0.15) is 0 Å². The Labute approximate surface area is 162 Å². The van der Waals surface area contributed by atoms with E-state index in [2.05, 4.69) is 5.32 Å². The number of amides is 1. The second kappa shape index (κ2) is 9.99. The van der Waals surface area contributed by atoms with Crippen molar-refractivity contribution in [2.24, 2.45) is 0 Å². The highest BCUT2D eigenvalue weighted by Crippen LogP contribution is 2.27. The summed E-state index contributed by atoms with van der Waals surface area (Å²) in [6.45, 7) is 3.59. The molecule has 2 aromatic rings. The molecule has 0 aromatic heterocycles. The van der Waals surface area contributed by atoms with Crippen LogP contribution in [0.1, 0.15) is 22.8 Å². The number of thioether (sulfide) groups is 1. The van der Waals surface area contributed by atoms with Crippen LogP contribution in [0.15, 0.2) is 53.4 Å². The number of hydrogen-bond donors (Lipinski definition) is 3. The maximum Gasteiger partial charge on any atom is 0.316 e. The van der Waals surface area contributed by atoms with Crippen LogP contribution in [0.2, 0.25) is 0 Å². The zero-order chi connectivity index (χ0) is 19.8. The van der Waals surface area contributed by atoms with E-state index >= 15 is 0 Å². The molecule has 0 radical (unpaired) electrons. The van der Waals surface area contributed by atoms with Crippen molar-refractivity contribution in [1.29, 1.82) is 0 Å². The Hall–Kier alpha value is -2.51. The summed E-state index contributed by atoms with van der Waals surface area (Å²) in [6, 6.07) is 14.3. The quantitative estimate of drug-likeness (QED) is 0.571. The van der Waals surface area contributed by atoms with Gasteiger partial charge in [0.1, 0.15) is 23.7 Å². The van der Waals surface area contributed by atoms with E-state index < -0.39 is 17.3 Å². The van der Waals surface area contributed by atoms with Gasteiger partial charge in [-0.05, 0) is 43.7 Å². The summed E-state index contributed by atoms with van der Waals surface area (Å²) in [5.74, 6) is -0.658. The number of carbonyl (C=O) groups is 2. The van der Waals surface area contributed by atoms with Gasteiger partial charge in [0.05, 0.1) is 5.56 Å². The largest absolute Gasteiger partial charge is 0.491 e. The predicted octanol–water partition coefficient (Wildman–Crippen LogP) is 2.73. The fourth-order valence-corrected chi connectivity index (χ4v) is 3.19. The molecule has 6 nitrogen and oxygen atoms in total. The molecule has 0 heterocycles. The molecule has 0 saturated carbocycles. The lowest BCUT2D eigenvalue weighted by Gasteiger charge is -2.15. The number of rotatable bonds is 9. The van der Waals surface area contributed by atoms with E-state index in [0.717, 1.165) is 17.3 Å². The number of aliphatic hydroxyl groups excluding tert-OH is 1. The molecule has 7 heteroatoms. The summed E-state index contributed by atoms with van der Waals surface area (Å²) < 4.78 is 5.52. The molecule has 3 N–H and O–H groups in total. The Balaban J connectivity index is 1.88. The lowest BCUT2D eigenvalue weighted by molar-refractivity contribution is -0.136. The molecule has 144 valence electrons. The van der Waals surface area contributed by atoms with Crippen LogP contribution in [-0.4, -0.2) is 46.6 Å². The van der Waals surface area contributed by atoms with Crippen LogP contribution in [-0.2, 0) is 4.79 Å². The van der Waals surface area contributed by atoms with Crippen molar-refractivity contribution in [2.45, 2.75) is 30.1 Å². The van der Waals surface area contributed by atoms with Gasteiger partial charge in [-0.1, -0.05) is 24.3 Å². The minimum atomic E-state index is -0.945. The monoisotopic (exact) mass is 389 g/mol. The summed E-state index contributed by atoms with van der Waals surface area (Å²) in [7, 11) is 0. The van der Waals surface area contributed by atoms with E-state index in [1.807, 2.05) is 25.1 Å². The lowest BCUT2D eigenvalue weighted by Crippen LogP contribution is -2.35. The smallest absolute Gasteiger partial charge is 0.316 e. The van der Waals surface area contributed by atoms with E-state index in [1.165, 1.54) is 0 Å². The van der Waals surface area contributed by atoms with Crippen LogP contribution in [0.3, 0.4) is 0 Å². The van der Waals surface area contributed by atoms with Gasteiger partial charge in [-0.15, -0.1) is 11.8 Å². The second-order valence-corrected chi connectivity index (χ2v) is 7.47. The molecule has 27 heavy (non-hydrogen) atoms. The maximum absolute atomic E-state index is 12.4. The Bertz CT molecular complexity index is 795. The first-order chi connectivity index (χ1) is 12.9. The van der Waals surface area contributed by atoms with Crippen molar-refractivity contribution in [3.8, 4) is 5.75 Å². The van der Waals surface area contributed by atoms with E-state index in [-0.39, 0.29) is 19.1 Å². The number of aliphatic hydroxyl groups is 1. The van der Waals surface area contributed by atoms with Crippen molar-refractivity contribution >= 4 is 23.6 Å². The molecule has 0 aliphatic rings. The topological polar surface area (TPSA) is 95.9 Å². The predicted molar refractivity (Wildman–Crippen MR) is 104 cm³/mol. The Kier molecular flexibility index (Phi) is 7.69. The van der Waals surface area contributed by atoms with Crippen molar-refractivity contribution < 1.29 is 24.5 Å². The van der Waals surface area contributed by atoms with Crippen molar-refractivity contribution in [1.82, 2.24) is 5.32 Å². The molecule has 2 rings (SSSR count). The van der Waals surface area contributed by atoms with Gasteiger partial charge < -0.3 is 20.3 Å². The van der Waals surface area contributed by atoms with Crippen molar-refractivity contribution in [3.63, 3.8) is 0 Å². The first kappa shape index (κ1) is 20.8. The summed E-state index contributed by atoms with van der Waals surface area (Å²) in [5, 5.41) is 21.1. The van der Waals surface area contributed by atoms with E-state index in [4.69, 9.17) is 9.84 Å². The highest BCUT2D eigenvalue weighted by atomic mass is 32.2. The van der Waals surface area contributed by atoms with Gasteiger partial charge in [0, 0.05) is 11.4 Å². The summed E-state index contributed by atoms with van der Waals surface area (Å²) >= 11 is 1.10. The standard InChI is InChI=1S/C20H23NO5S/c1-13-6-5-7-16(10-13)26-12-15(22)11-21-19(23)17-8-3-4-9-18(17)27-14(2)20(24)25/h3-10,14-15,22H,11-12H2,1-2H3,(H,21,23)(H,24,25). The fourth-order valence-electron chi connectivity index (χ4n) is 2.26. The maximum atomic E-state index is 12.4. The number of hydrogen-bond acceptors (Lipinski definition) is 5. The third-order valence-corrected chi connectivity index (χ3v) is 4.88. The van der Waals surface area contributed by atoms with Crippen molar-refractivity contribution in [2.75, 3.05) is 13.2 Å². The third kappa shape index (κ3) is 6.62. The molecule has 0 aliphatic carbocycles. The zero-order valence-electron chi connectivity index (χ0n) is 15.2. The minimum absolute atomic E-state index is 0.0259. The van der Waals surface area contributed by atoms with Gasteiger partial charge in [-0.25, -0.2) is 0 Å². The average Bonchev–Trinajstić information content (AvgIpc) is 2.64. The number of carbonyl (C=O) groups excluding carboxylic acids is 1. The Morgan fingerprint density at radius 2 is 1.93 bits per heavy atom. The molecular formula is C20H23NO5S. The molecular weight excluding hydrogens is 366 g/mol. The van der Waals surface area contributed by atoms with Gasteiger partial charge in [0.2, 0.25) is 0 Å². The Morgan fingerprint density at radius 3 is 2.63 bits per heavy atom. The van der Waals surface area contributed by atoms with Crippen molar-refractivity contribution in [3.05, 3.63) is 59.7 Å². The number of aryl methyl sites for hydroxylation is 1. The number of ether oxygens (including phenoxy) is 1. The number of aliphatic carboxylic acids is 1. The molecule has 0 saturated heterocycles. The normalized spacial score (nSPS) is 12.9. The van der Waals surface area contributed by atoms with Gasteiger partial charge in [0.25, 0.3) is 5.91 Å². The van der Waals surface area contributed by atoms with Crippen LogP contribution >= 0.6 is 11.8 Å². The van der Waals surface area contributed by atoms with Crippen LogP contribution in [0.4, 0.5) is 0 Å². The second-order valence-electron chi connectivity index (χ2n) is 6.09. The fraction of sp³-hybridized carbons (Fsp3) is 0.300. The summed E-state index contributed by atoms with van der Waals surface area (Å²) in [5.41, 5.74) is 1.43. The Morgan fingerprint density at radius 1 is 1.19 bits per heavy atom. The van der Waals surface area contributed by atoms with E-state index in [0.29, 0.717) is 16.2 Å². The van der Waals surface area contributed by atoms with Crippen LogP contribution in [0.5, 0.6) is 5.75 Å². The highest BCUT2D eigenvalue weighted by molar-refractivity contribution is 8.00. The summed E-state index contributed by atoms with van der Waals surface area (Å²) in [6.07, 6.45) is -0.868. The number of carboxylic acid groups (broad SMARTS) is 1. The minimum Gasteiger partial charge on any atom is -0.491 e. The molecule has 2 atom stereocenters. The number of carboxylic acids is 1. The molecule has 1 amide bonds. The van der Waals surface area contributed by atoms with Gasteiger partial charge in [0.15, 0.2) is 0 Å². The third-order valence-electron chi connectivity index (χ3n) is 3.71. The number of nitrogens with one attached hydrogen (secondary N) is 1. The van der Waals surface area contributed by atoms with E-state index in [1.54, 1.807) is 37.3 Å². The first-order valence-electron chi connectivity index (χ1n) is 8.51. The molecule has 2 aromatic carbocycles. The molecule has 0 bridgehead atoms. The molecule has 0 fully saturated rings. The summed E-state index contributed by atoms with van der Waals surface area (Å²) in [4.78, 5) is 24.0. The zero-order valence-corrected chi connectivity index (χ0v) is 16.0. The number of benzene rings is 2. The molecule has 0 spiro atoms. The van der Waals surface area contributed by atoms with Crippen LogP contribution in [0.25, 0.3) is 0 Å².